The Hall–Kier alpha value is -0.920. The van der Waals surface area contributed by atoms with Gasteiger partial charge >= 0.3 is 18.8 Å². The summed E-state index contributed by atoms with van der Waals surface area (Å²) >= 11 is 0. The molecule has 0 aliphatic rings. The van der Waals surface area contributed by atoms with Gasteiger partial charge < -0.3 is 9.47 Å². The molecule has 0 unspecified atom stereocenters. The van der Waals surface area contributed by atoms with Crippen LogP contribution >= 0.6 is 0 Å². The van der Waals surface area contributed by atoms with Crippen molar-refractivity contribution in [2.75, 3.05) is 13.2 Å². The minimum Gasteiger partial charge on any atom is -0.455 e. The lowest BCUT2D eigenvalue weighted by atomic mass is 10.6. The molecule has 3 nitrogen and oxygen atoms in total. The minimum atomic E-state index is -5.77. The van der Waals surface area contributed by atoms with E-state index >= 15 is 0 Å². The highest BCUT2D eigenvalue weighted by Gasteiger charge is 2.59. The zero-order valence-corrected chi connectivity index (χ0v) is 6.03. The zero-order chi connectivity index (χ0) is 10.5. The van der Waals surface area contributed by atoms with E-state index in [9.17, 15) is 26.7 Å². The largest absolute Gasteiger partial charge is 0.482 e. The van der Waals surface area contributed by atoms with Crippen LogP contribution in [0.4, 0.5) is 22.0 Å². The van der Waals surface area contributed by atoms with E-state index in [4.69, 9.17) is 0 Å². The minimum absolute atomic E-state index is 0.713. The summed E-state index contributed by atoms with van der Waals surface area (Å²) in [7, 11) is 0. The molecule has 0 aliphatic carbocycles. The summed E-state index contributed by atoms with van der Waals surface area (Å²) in [5, 5.41) is 0. The number of carbonyl (C=O) groups excluding carboxylic acids is 1. The molecular formula is C5H4F5O3. The molecule has 13 heavy (non-hydrogen) atoms. The molecule has 8 heteroatoms. The third kappa shape index (κ3) is 4.02. The van der Waals surface area contributed by atoms with Crippen molar-refractivity contribution in [3.05, 3.63) is 0 Å². The standard InChI is InChI=1S/C5H4F5O3/c6-4(7,8)5(9,10)13-2-1-12-3-11/h1-2H2. The topological polar surface area (TPSA) is 35.5 Å². The van der Waals surface area contributed by atoms with Gasteiger partial charge in [-0.2, -0.15) is 22.0 Å². The summed E-state index contributed by atoms with van der Waals surface area (Å²) < 4.78 is 64.6. The normalized spacial score (nSPS) is 12.7. The molecule has 0 aromatic heterocycles. The molecule has 0 saturated heterocycles. The Morgan fingerprint density at radius 3 is 2.00 bits per heavy atom. The smallest absolute Gasteiger partial charge is 0.455 e. The Balaban J connectivity index is 3.83. The van der Waals surface area contributed by atoms with Crippen molar-refractivity contribution in [1.82, 2.24) is 0 Å². The summed E-state index contributed by atoms with van der Waals surface area (Å²) in [6.07, 6.45) is -11.0. The van der Waals surface area contributed by atoms with Gasteiger partial charge in [0.05, 0.1) is 6.61 Å². The van der Waals surface area contributed by atoms with Crippen molar-refractivity contribution in [2.45, 2.75) is 12.3 Å². The number of hydrogen-bond donors (Lipinski definition) is 0. The van der Waals surface area contributed by atoms with Crippen LogP contribution in [0.25, 0.3) is 0 Å². The lowest BCUT2D eigenvalue weighted by molar-refractivity contribution is -0.391. The van der Waals surface area contributed by atoms with E-state index in [1.807, 2.05) is 0 Å². The second kappa shape index (κ2) is 4.35. The predicted molar refractivity (Wildman–Crippen MR) is 28.6 cm³/mol. The molecule has 0 aromatic rings. The molecule has 0 atom stereocenters. The Morgan fingerprint density at radius 2 is 1.62 bits per heavy atom. The molecule has 0 N–H and O–H groups in total. The van der Waals surface area contributed by atoms with Crippen molar-refractivity contribution in [1.29, 1.82) is 0 Å². The lowest BCUT2D eigenvalue weighted by Gasteiger charge is -2.18. The number of rotatable bonds is 5. The number of hydrogen-bond acceptors (Lipinski definition) is 3. The molecule has 0 rings (SSSR count). The van der Waals surface area contributed by atoms with Crippen molar-refractivity contribution in [2.24, 2.45) is 0 Å². The first kappa shape index (κ1) is 12.1. The van der Waals surface area contributed by atoms with E-state index in [2.05, 4.69) is 9.47 Å². The van der Waals surface area contributed by atoms with Crippen LogP contribution in [0.1, 0.15) is 0 Å². The molecular weight excluding hydrogens is 203 g/mol. The summed E-state index contributed by atoms with van der Waals surface area (Å²) in [5.41, 5.74) is 0. The van der Waals surface area contributed by atoms with Crippen molar-refractivity contribution in [3.63, 3.8) is 0 Å². The monoisotopic (exact) mass is 207 g/mol. The third-order valence-corrected chi connectivity index (χ3v) is 0.858. The highest BCUT2D eigenvalue weighted by molar-refractivity contribution is 5.38. The van der Waals surface area contributed by atoms with Crippen molar-refractivity contribution in [3.8, 4) is 0 Å². The Bertz CT molecular complexity index is 166. The average molecular weight is 207 g/mol. The molecule has 77 valence electrons. The second-order valence-electron chi connectivity index (χ2n) is 1.79. The average Bonchev–Trinajstić information content (AvgIpc) is 1.96. The van der Waals surface area contributed by atoms with E-state index in [0.29, 0.717) is 0 Å². The fourth-order valence-electron chi connectivity index (χ4n) is 0.335. The van der Waals surface area contributed by atoms with Gasteiger partial charge in [-0.25, -0.2) is 4.79 Å². The maximum Gasteiger partial charge on any atom is 0.482 e. The van der Waals surface area contributed by atoms with Gasteiger partial charge in [-0.3, -0.25) is 0 Å². The van der Waals surface area contributed by atoms with Crippen LogP contribution in [0.15, 0.2) is 0 Å². The maximum atomic E-state index is 11.9. The molecule has 0 aromatic carbocycles. The third-order valence-electron chi connectivity index (χ3n) is 0.858. The zero-order valence-electron chi connectivity index (χ0n) is 6.03. The summed E-state index contributed by atoms with van der Waals surface area (Å²) in [6.45, 7) is -0.930. The van der Waals surface area contributed by atoms with E-state index in [1.54, 1.807) is 0 Å². The maximum absolute atomic E-state index is 11.9. The first-order valence-corrected chi connectivity index (χ1v) is 2.88. The van der Waals surface area contributed by atoms with Gasteiger partial charge in [0, 0.05) is 0 Å². The number of ether oxygens (including phenoxy) is 2. The number of alkyl halides is 5. The van der Waals surface area contributed by atoms with Crippen LogP contribution in [0.3, 0.4) is 0 Å². The first-order chi connectivity index (χ1) is 5.81. The first-order valence-electron chi connectivity index (χ1n) is 2.88. The van der Waals surface area contributed by atoms with Gasteiger partial charge in [0.1, 0.15) is 6.61 Å². The Labute approximate surface area is 69.4 Å². The lowest BCUT2D eigenvalue weighted by Crippen LogP contribution is -2.39. The molecule has 0 aliphatic heterocycles. The predicted octanol–water partition coefficient (Wildman–Crippen LogP) is 1.24. The van der Waals surface area contributed by atoms with Gasteiger partial charge in [0.25, 0.3) is 0 Å². The molecule has 0 bridgehead atoms. The second-order valence-corrected chi connectivity index (χ2v) is 1.79. The van der Waals surface area contributed by atoms with E-state index < -0.39 is 25.5 Å². The van der Waals surface area contributed by atoms with Crippen molar-refractivity contribution >= 4 is 6.47 Å². The molecule has 0 saturated carbocycles. The molecule has 0 heterocycles. The highest BCUT2D eigenvalue weighted by atomic mass is 19.4. The van der Waals surface area contributed by atoms with E-state index in [0.717, 1.165) is 6.47 Å². The van der Waals surface area contributed by atoms with Gasteiger partial charge in [-0.05, 0) is 0 Å². The van der Waals surface area contributed by atoms with E-state index in [1.165, 1.54) is 0 Å². The SMILES string of the molecule is O=[C]OCCOC(F)(F)C(F)(F)F. The molecule has 0 fully saturated rings. The quantitative estimate of drug-likeness (QED) is 0.502. The van der Waals surface area contributed by atoms with E-state index in [-0.39, 0.29) is 0 Å². The molecule has 1 radical (unpaired) electrons. The molecule has 0 amide bonds. The van der Waals surface area contributed by atoms with Gasteiger partial charge in [0.15, 0.2) is 0 Å². The van der Waals surface area contributed by atoms with Gasteiger partial charge in [-0.1, -0.05) is 0 Å². The van der Waals surface area contributed by atoms with Crippen LogP contribution in [-0.2, 0) is 14.3 Å². The van der Waals surface area contributed by atoms with Gasteiger partial charge in [0.2, 0.25) is 0 Å². The van der Waals surface area contributed by atoms with Crippen LogP contribution in [-0.4, -0.2) is 32.0 Å². The van der Waals surface area contributed by atoms with Crippen molar-refractivity contribution < 1.29 is 36.2 Å². The fourth-order valence-corrected chi connectivity index (χ4v) is 0.335. The van der Waals surface area contributed by atoms with Crippen LogP contribution in [0.2, 0.25) is 0 Å². The fraction of sp³-hybridized carbons (Fsp3) is 0.800. The summed E-state index contributed by atoms with van der Waals surface area (Å²) in [6, 6.07) is 0. The van der Waals surface area contributed by atoms with Crippen LogP contribution in [0.5, 0.6) is 0 Å². The molecule has 0 spiro atoms. The van der Waals surface area contributed by atoms with Gasteiger partial charge in [-0.15, -0.1) is 0 Å². The summed E-state index contributed by atoms with van der Waals surface area (Å²) in [5.74, 6) is 0. The van der Waals surface area contributed by atoms with Crippen LogP contribution < -0.4 is 0 Å². The summed E-state index contributed by atoms with van der Waals surface area (Å²) in [4.78, 5) is 9.31. The highest BCUT2D eigenvalue weighted by Crippen LogP contribution is 2.35. The number of halogens is 5. The Morgan fingerprint density at radius 1 is 1.08 bits per heavy atom. The van der Waals surface area contributed by atoms with Crippen LogP contribution in [0, 0.1) is 0 Å². The Kier molecular flexibility index (Phi) is 4.05.